The Morgan fingerprint density at radius 1 is 0.855 bits per heavy atom. The number of benzene rings is 1. The molecule has 0 saturated heterocycles. The van der Waals surface area contributed by atoms with Gasteiger partial charge in [0.2, 0.25) is 17.7 Å². The van der Waals surface area contributed by atoms with Gasteiger partial charge in [0.1, 0.15) is 29.5 Å². The third-order valence-electron chi connectivity index (χ3n) is 10.6. The number of nitrogens with two attached hydrogens (primary N) is 1. The smallest absolute Gasteiger partial charge is 0.408 e. The second-order valence-electron chi connectivity index (χ2n) is 17.6. The minimum atomic E-state index is -1.92. The van der Waals surface area contributed by atoms with Crippen LogP contribution in [-0.2, 0) is 36.8 Å². The number of pyridine rings is 1. The molecule has 0 bridgehead atoms. The summed E-state index contributed by atoms with van der Waals surface area (Å²) in [6.45, 7) is 15.4. The molecule has 0 aliphatic rings. The highest BCUT2D eigenvalue weighted by atomic mass is 16.6. The van der Waals surface area contributed by atoms with Crippen LogP contribution in [0.4, 0.5) is 4.79 Å². The van der Waals surface area contributed by atoms with Gasteiger partial charge >= 0.3 is 6.09 Å². The van der Waals surface area contributed by atoms with Gasteiger partial charge in [0, 0.05) is 32.3 Å². The van der Waals surface area contributed by atoms with Crippen molar-refractivity contribution in [3.05, 3.63) is 84.2 Å². The number of hydrogen-bond acceptors (Lipinski definition) is 12. The number of aliphatic hydroxyl groups excluding tert-OH is 2. The van der Waals surface area contributed by atoms with Crippen molar-refractivity contribution < 1.29 is 43.7 Å². The monoisotopic (exact) mass is 862 g/mol. The summed E-state index contributed by atoms with van der Waals surface area (Å²) in [4.78, 5) is 97.0. The van der Waals surface area contributed by atoms with Crippen molar-refractivity contribution in [1.82, 2.24) is 35.4 Å². The maximum absolute atomic E-state index is 14.5. The SMILES string of the molecule is CC[C@H](C)[C@H](N)C(=O)N(C(=O)c1ccccn1)C(=O)[C@H](C(C)C)[C@@H](O)[C@H](O)[C@H](CC(C)C)NC(=O)[C@H](Cc1c[nH]cn1)N(C)C(=O)[C@H](Cc1ccccc1)NC(=O)OC(C)(C)C. The predicted molar refractivity (Wildman–Crippen MR) is 232 cm³/mol. The molecule has 0 radical (unpaired) electrons. The minimum Gasteiger partial charge on any atom is -0.444 e. The number of nitrogens with zero attached hydrogens (tertiary/aromatic N) is 4. The lowest BCUT2D eigenvalue weighted by Crippen LogP contribution is -2.61. The molecule has 17 nitrogen and oxygen atoms in total. The largest absolute Gasteiger partial charge is 0.444 e. The first-order valence-corrected chi connectivity index (χ1v) is 21.1. The number of aromatic nitrogens is 3. The van der Waals surface area contributed by atoms with E-state index in [0.717, 1.165) is 5.56 Å². The first-order valence-electron chi connectivity index (χ1n) is 21.1. The number of aromatic amines is 1. The molecule has 7 N–H and O–H groups in total. The molecular formula is C45H66N8O9. The van der Waals surface area contributed by atoms with Gasteiger partial charge in [0.25, 0.3) is 11.8 Å². The van der Waals surface area contributed by atoms with E-state index in [1.807, 2.05) is 26.8 Å². The molecule has 6 amide bonds. The number of carbonyl (C=O) groups excluding carboxylic acids is 6. The summed E-state index contributed by atoms with van der Waals surface area (Å²) in [6, 6.07) is 8.52. The van der Waals surface area contributed by atoms with Crippen molar-refractivity contribution in [2.24, 2.45) is 29.4 Å². The average molecular weight is 863 g/mol. The molecule has 0 fully saturated rings. The second-order valence-corrected chi connectivity index (χ2v) is 17.6. The number of likely N-dealkylation sites (N-methyl/N-ethyl adjacent to an activating group) is 1. The standard InChI is InChI=1S/C45H66N8O9/c1-11-28(6)36(46)43(60)53(41(58)31-19-15-16-20-48-31)42(59)35(27(4)5)38(55)37(54)32(21-26(2)3)50-39(56)34(23-30-24-47-25-49-30)52(10)40(57)33(22-29-17-13-12-14-18-29)51-44(61)62-45(7,8)9/h12-20,24-28,32-38,54-55H,11,21-23,46H2,1-10H3,(H,47,49)(H,50,56)(H,51,61)/t28-,32-,33-,34-,35+,36-,37+,38+/m0/s1. The first-order chi connectivity index (χ1) is 29.1. The fraction of sp³-hybridized carbons (Fsp3) is 0.556. The quantitative estimate of drug-likeness (QED) is 0.0957. The maximum Gasteiger partial charge on any atom is 0.408 e. The number of carbonyl (C=O) groups is 6. The number of imide groups is 3. The van der Waals surface area contributed by atoms with Gasteiger partial charge in [-0.05, 0) is 62.6 Å². The summed E-state index contributed by atoms with van der Waals surface area (Å²) < 4.78 is 5.47. The normalized spacial score (nSPS) is 15.6. The maximum atomic E-state index is 14.5. The van der Waals surface area contributed by atoms with E-state index in [-0.39, 0.29) is 30.9 Å². The van der Waals surface area contributed by atoms with Gasteiger partial charge in [-0.25, -0.2) is 14.7 Å². The van der Waals surface area contributed by atoms with Crippen LogP contribution in [0.5, 0.6) is 0 Å². The second kappa shape index (κ2) is 23.1. The Morgan fingerprint density at radius 2 is 1.50 bits per heavy atom. The van der Waals surface area contributed by atoms with Crippen LogP contribution in [0.3, 0.4) is 0 Å². The third-order valence-corrected chi connectivity index (χ3v) is 10.6. The molecule has 0 unspecified atom stereocenters. The molecule has 2 heterocycles. The molecule has 0 aliphatic carbocycles. The Labute approximate surface area is 364 Å². The van der Waals surface area contributed by atoms with Crippen LogP contribution in [0, 0.1) is 23.7 Å². The lowest BCUT2D eigenvalue weighted by molar-refractivity contribution is -0.152. The van der Waals surface area contributed by atoms with Crippen LogP contribution in [0.25, 0.3) is 0 Å². The molecule has 17 heteroatoms. The Balaban J connectivity index is 2.02. The highest BCUT2D eigenvalue weighted by molar-refractivity contribution is 6.17. The Hall–Kier alpha value is -5.52. The van der Waals surface area contributed by atoms with E-state index < -0.39 is 95.4 Å². The molecule has 2 aromatic heterocycles. The number of ether oxygens (including phenoxy) is 1. The summed E-state index contributed by atoms with van der Waals surface area (Å²) in [5.41, 5.74) is 6.37. The van der Waals surface area contributed by atoms with E-state index in [1.165, 1.54) is 36.6 Å². The predicted octanol–water partition coefficient (Wildman–Crippen LogP) is 3.40. The van der Waals surface area contributed by atoms with Gasteiger partial charge < -0.3 is 41.2 Å². The molecule has 8 atom stereocenters. The van der Waals surface area contributed by atoms with Gasteiger partial charge in [-0.2, -0.15) is 0 Å². The van der Waals surface area contributed by atoms with Gasteiger partial charge in [-0.15, -0.1) is 0 Å². The third kappa shape index (κ3) is 14.3. The van der Waals surface area contributed by atoms with E-state index in [2.05, 4.69) is 25.6 Å². The molecule has 340 valence electrons. The number of alkyl carbamates (subject to hydrolysis) is 1. The van der Waals surface area contributed by atoms with Gasteiger partial charge in [-0.3, -0.25) is 29.0 Å². The molecule has 0 spiro atoms. The zero-order valence-electron chi connectivity index (χ0n) is 37.6. The fourth-order valence-corrected chi connectivity index (χ4v) is 6.96. The zero-order chi connectivity index (χ0) is 46.5. The summed E-state index contributed by atoms with van der Waals surface area (Å²) in [5, 5.41) is 29.4. The van der Waals surface area contributed by atoms with Gasteiger partial charge in [0.05, 0.1) is 36.1 Å². The number of rotatable bonds is 20. The first kappa shape index (κ1) is 50.8. The van der Waals surface area contributed by atoms with Crippen LogP contribution < -0.4 is 16.4 Å². The lowest BCUT2D eigenvalue weighted by Gasteiger charge is -2.37. The fourth-order valence-electron chi connectivity index (χ4n) is 6.96. The van der Waals surface area contributed by atoms with Crippen molar-refractivity contribution in [3.8, 4) is 0 Å². The Kier molecular flexibility index (Phi) is 18.9. The van der Waals surface area contributed by atoms with Crippen LogP contribution in [0.15, 0.2) is 67.3 Å². The number of H-pyrrole nitrogens is 1. The number of amides is 6. The van der Waals surface area contributed by atoms with Crippen molar-refractivity contribution in [1.29, 1.82) is 0 Å². The zero-order valence-corrected chi connectivity index (χ0v) is 37.6. The van der Waals surface area contributed by atoms with Crippen LogP contribution in [0.1, 0.15) is 96.9 Å². The van der Waals surface area contributed by atoms with Crippen LogP contribution >= 0.6 is 0 Å². The summed E-state index contributed by atoms with van der Waals surface area (Å²) in [5.74, 6) is -7.36. The van der Waals surface area contributed by atoms with Crippen LogP contribution in [0.2, 0.25) is 0 Å². The molecule has 0 saturated carbocycles. The van der Waals surface area contributed by atoms with Gasteiger partial charge in [0.15, 0.2) is 0 Å². The van der Waals surface area contributed by atoms with E-state index >= 15 is 0 Å². The van der Waals surface area contributed by atoms with E-state index in [9.17, 15) is 39.0 Å². The molecule has 3 rings (SSSR count). The summed E-state index contributed by atoms with van der Waals surface area (Å²) in [6.07, 6.45) is 0.274. The van der Waals surface area contributed by atoms with Crippen molar-refractivity contribution in [3.63, 3.8) is 0 Å². The average Bonchev–Trinajstić information content (AvgIpc) is 3.74. The highest BCUT2D eigenvalue weighted by Gasteiger charge is 2.46. The highest BCUT2D eigenvalue weighted by Crippen LogP contribution is 2.27. The van der Waals surface area contributed by atoms with Gasteiger partial charge in [-0.1, -0.05) is 84.4 Å². The Bertz CT molecular complexity index is 1920. The molecule has 0 aliphatic heterocycles. The molecule has 1 aromatic carbocycles. The number of nitrogens with one attached hydrogen (secondary N) is 3. The number of imidazole rings is 1. The summed E-state index contributed by atoms with van der Waals surface area (Å²) in [7, 11) is 1.42. The Morgan fingerprint density at radius 3 is 2.03 bits per heavy atom. The van der Waals surface area contributed by atoms with E-state index in [1.54, 1.807) is 78.1 Å². The van der Waals surface area contributed by atoms with Crippen molar-refractivity contribution in [2.75, 3.05) is 7.05 Å². The van der Waals surface area contributed by atoms with E-state index in [4.69, 9.17) is 10.5 Å². The van der Waals surface area contributed by atoms with Crippen molar-refractivity contribution in [2.45, 2.75) is 130 Å². The lowest BCUT2D eigenvalue weighted by atomic mass is 9.82. The topological polar surface area (TPSA) is 250 Å². The molecular weight excluding hydrogens is 797 g/mol. The minimum absolute atomic E-state index is 0.0656. The molecule has 3 aromatic rings. The van der Waals surface area contributed by atoms with E-state index in [0.29, 0.717) is 17.0 Å². The van der Waals surface area contributed by atoms with Crippen LogP contribution in [-0.4, -0.2) is 120 Å². The molecule has 62 heavy (non-hydrogen) atoms. The summed E-state index contributed by atoms with van der Waals surface area (Å²) >= 11 is 0. The van der Waals surface area contributed by atoms with Crippen molar-refractivity contribution >= 4 is 35.6 Å². The number of hydrogen-bond donors (Lipinski definition) is 6. The number of aliphatic hydroxyl groups is 2.